The van der Waals surface area contributed by atoms with Crippen LogP contribution in [0.2, 0.25) is 0 Å². The average molecular weight is 370 g/mol. The Kier molecular flexibility index (Phi) is 4.91. The molecule has 1 saturated heterocycles. The molecule has 1 unspecified atom stereocenters. The van der Waals surface area contributed by atoms with Crippen LogP contribution < -0.4 is 0 Å². The van der Waals surface area contributed by atoms with E-state index in [0.29, 0.717) is 43.7 Å². The Labute approximate surface area is 156 Å². The number of nitrogens with zero attached hydrogens (tertiary/aromatic N) is 4. The fourth-order valence-electron chi connectivity index (χ4n) is 3.52. The number of morpholine rings is 1. The van der Waals surface area contributed by atoms with Crippen LogP contribution in [-0.2, 0) is 22.6 Å². The van der Waals surface area contributed by atoms with Crippen molar-refractivity contribution in [1.82, 2.24) is 19.6 Å². The second kappa shape index (κ2) is 7.50. The summed E-state index contributed by atoms with van der Waals surface area (Å²) in [7, 11) is 1.56. The van der Waals surface area contributed by atoms with Crippen molar-refractivity contribution in [3.8, 4) is 0 Å². The topological polar surface area (TPSA) is 82.6 Å². The van der Waals surface area contributed by atoms with Gasteiger partial charge in [-0.1, -0.05) is 23.4 Å². The number of aromatic nitrogens is 3. The lowest BCUT2D eigenvalue weighted by molar-refractivity contribution is -0.00627. The van der Waals surface area contributed by atoms with E-state index in [4.69, 9.17) is 14.0 Å². The van der Waals surface area contributed by atoms with Crippen LogP contribution in [0.25, 0.3) is 10.9 Å². The Bertz CT molecular complexity index is 948. The van der Waals surface area contributed by atoms with Crippen molar-refractivity contribution in [3.63, 3.8) is 0 Å². The highest BCUT2D eigenvalue weighted by molar-refractivity contribution is 5.99. The van der Waals surface area contributed by atoms with Crippen LogP contribution in [0, 0.1) is 0 Å². The third-order valence-corrected chi connectivity index (χ3v) is 4.78. The molecular formula is C19H22N4O4. The third-order valence-electron chi connectivity index (χ3n) is 4.78. The standard InChI is InChI=1S/C19H22N4O4/c1-3-22-14-7-5-4-6-13(14)10-15(22)19(24)23-8-9-26-11-16(23)18-20-17(12-25-2)27-21-18/h4-7,10,16H,3,8-9,11-12H2,1-2H3. The molecule has 0 radical (unpaired) electrons. The number of rotatable bonds is 5. The Morgan fingerprint density at radius 3 is 3.04 bits per heavy atom. The number of fused-ring (bicyclic) bond motifs is 1. The number of ether oxygens (including phenoxy) is 2. The van der Waals surface area contributed by atoms with Gasteiger partial charge in [-0.05, 0) is 19.1 Å². The van der Waals surface area contributed by atoms with Gasteiger partial charge < -0.3 is 23.5 Å². The van der Waals surface area contributed by atoms with Gasteiger partial charge in [-0.3, -0.25) is 4.79 Å². The maximum absolute atomic E-state index is 13.4. The van der Waals surface area contributed by atoms with E-state index in [1.807, 2.05) is 41.8 Å². The van der Waals surface area contributed by atoms with Crippen molar-refractivity contribution >= 4 is 16.8 Å². The molecule has 0 saturated carbocycles. The maximum atomic E-state index is 13.4. The molecule has 142 valence electrons. The van der Waals surface area contributed by atoms with E-state index in [0.717, 1.165) is 10.9 Å². The monoisotopic (exact) mass is 370 g/mol. The Morgan fingerprint density at radius 1 is 1.37 bits per heavy atom. The molecule has 0 spiro atoms. The number of carbonyl (C=O) groups is 1. The van der Waals surface area contributed by atoms with E-state index in [-0.39, 0.29) is 18.6 Å². The smallest absolute Gasteiger partial charge is 0.271 e. The molecule has 2 aromatic heterocycles. The summed E-state index contributed by atoms with van der Waals surface area (Å²) in [6, 6.07) is 9.57. The van der Waals surface area contributed by atoms with E-state index in [9.17, 15) is 4.79 Å². The Hall–Kier alpha value is -2.71. The van der Waals surface area contributed by atoms with E-state index in [2.05, 4.69) is 10.1 Å². The first-order chi connectivity index (χ1) is 13.2. The number of carbonyl (C=O) groups excluding carboxylic acids is 1. The second-order valence-electron chi connectivity index (χ2n) is 6.40. The third kappa shape index (κ3) is 3.22. The second-order valence-corrected chi connectivity index (χ2v) is 6.40. The Morgan fingerprint density at radius 2 is 2.22 bits per heavy atom. The summed E-state index contributed by atoms with van der Waals surface area (Å²) in [6.45, 7) is 4.28. The number of hydrogen-bond acceptors (Lipinski definition) is 6. The molecule has 1 aliphatic heterocycles. The predicted molar refractivity (Wildman–Crippen MR) is 97.2 cm³/mol. The van der Waals surface area contributed by atoms with Crippen LogP contribution in [0.5, 0.6) is 0 Å². The molecule has 4 rings (SSSR count). The zero-order valence-electron chi connectivity index (χ0n) is 15.4. The molecule has 1 aliphatic rings. The highest BCUT2D eigenvalue weighted by atomic mass is 16.5. The molecule has 1 amide bonds. The summed E-state index contributed by atoms with van der Waals surface area (Å²) in [6.07, 6.45) is 0. The van der Waals surface area contributed by atoms with E-state index in [1.54, 1.807) is 12.0 Å². The molecule has 1 atom stereocenters. The van der Waals surface area contributed by atoms with Gasteiger partial charge in [0, 0.05) is 31.1 Å². The van der Waals surface area contributed by atoms with Gasteiger partial charge >= 0.3 is 0 Å². The first-order valence-electron chi connectivity index (χ1n) is 9.01. The molecule has 3 aromatic rings. The number of para-hydroxylation sites is 1. The molecule has 8 nitrogen and oxygen atoms in total. The van der Waals surface area contributed by atoms with Crippen LogP contribution in [0.4, 0.5) is 0 Å². The first-order valence-corrected chi connectivity index (χ1v) is 9.01. The van der Waals surface area contributed by atoms with Gasteiger partial charge in [0.1, 0.15) is 18.3 Å². The minimum absolute atomic E-state index is 0.0561. The molecule has 8 heteroatoms. The van der Waals surface area contributed by atoms with Gasteiger partial charge in [-0.2, -0.15) is 4.98 Å². The van der Waals surface area contributed by atoms with Gasteiger partial charge in [-0.25, -0.2) is 0 Å². The molecule has 3 heterocycles. The molecule has 1 aromatic carbocycles. The van der Waals surface area contributed by atoms with Crippen molar-refractivity contribution in [2.75, 3.05) is 26.9 Å². The number of hydrogen-bond donors (Lipinski definition) is 0. The van der Waals surface area contributed by atoms with Crippen molar-refractivity contribution in [2.45, 2.75) is 26.1 Å². The summed E-state index contributed by atoms with van der Waals surface area (Å²) in [5.41, 5.74) is 1.71. The van der Waals surface area contributed by atoms with Gasteiger partial charge in [0.05, 0.1) is 13.2 Å². The lowest BCUT2D eigenvalue weighted by Crippen LogP contribution is -2.44. The van der Waals surface area contributed by atoms with Gasteiger partial charge in [-0.15, -0.1) is 0 Å². The minimum Gasteiger partial charge on any atom is -0.377 e. The van der Waals surface area contributed by atoms with Crippen molar-refractivity contribution in [1.29, 1.82) is 0 Å². The molecular weight excluding hydrogens is 348 g/mol. The summed E-state index contributed by atoms with van der Waals surface area (Å²) in [5, 5.41) is 5.07. The van der Waals surface area contributed by atoms with Crippen LogP contribution >= 0.6 is 0 Å². The lowest BCUT2D eigenvalue weighted by atomic mass is 10.2. The summed E-state index contributed by atoms with van der Waals surface area (Å²) in [5.74, 6) is 0.766. The minimum atomic E-state index is -0.385. The fourth-order valence-corrected chi connectivity index (χ4v) is 3.52. The predicted octanol–water partition coefficient (Wildman–Crippen LogP) is 2.40. The highest BCUT2D eigenvalue weighted by Crippen LogP contribution is 2.27. The van der Waals surface area contributed by atoms with Crippen LogP contribution in [0.15, 0.2) is 34.9 Å². The van der Waals surface area contributed by atoms with Crippen LogP contribution in [-0.4, -0.2) is 52.4 Å². The van der Waals surface area contributed by atoms with Crippen LogP contribution in [0.3, 0.4) is 0 Å². The molecule has 0 aliphatic carbocycles. The molecule has 27 heavy (non-hydrogen) atoms. The molecule has 0 N–H and O–H groups in total. The van der Waals surface area contributed by atoms with Crippen molar-refractivity contribution < 1.29 is 18.8 Å². The zero-order chi connectivity index (χ0) is 18.8. The molecule has 0 bridgehead atoms. The summed E-state index contributed by atoms with van der Waals surface area (Å²) in [4.78, 5) is 19.5. The maximum Gasteiger partial charge on any atom is 0.271 e. The highest BCUT2D eigenvalue weighted by Gasteiger charge is 2.34. The van der Waals surface area contributed by atoms with E-state index >= 15 is 0 Å². The summed E-state index contributed by atoms with van der Waals surface area (Å²) < 4.78 is 17.8. The van der Waals surface area contributed by atoms with Gasteiger partial charge in [0.15, 0.2) is 5.82 Å². The quantitative estimate of drug-likeness (QED) is 0.686. The van der Waals surface area contributed by atoms with E-state index < -0.39 is 0 Å². The van der Waals surface area contributed by atoms with E-state index in [1.165, 1.54) is 0 Å². The first kappa shape index (κ1) is 17.7. The fraction of sp³-hybridized carbons (Fsp3) is 0.421. The Balaban J connectivity index is 1.68. The lowest BCUT2D eigenvalue weighted by Gasteiger charge is -2.33. The number of methoxy groups -OCH3 is 1. The number of amides is 1. The number of benzene rings is 1. The SMILES string of the molecule is CCn1c(C(=O)N2CCOCC2c2noc(COC)n2)cc2ccccc21. The zero-order valence-corrected chi connectivity index (χ0v) is 15.4. The van der Waals surface area contributed by atoms with Crippen molar-refractivity contribution in [3.05, 3.63) is 47.7 Å². The molecule has 1 fully saturated rings. The van der Waals surface area contributed by atoms with Crippen molar-refractivity contribution in [2.24, 2.45) is 0 Å². The normalized spacial score (nSPS) is 17.6. The summed E-state index contributed by atoms with van der Waals surface area (Å²) >= 11 is 0. The van der Waals surface area contributed by atoms with Gasteiger partial charge in [0.25, 0.3) is 11.8 Å². The van der Waals surface area contributed by atoms with Gasteiger partial charge in [0.2, 0.25) is 0 Å². The van der Waals surface area contributed by atoms with Crippen LogP contribution in [0.1, 0.15) is 35.2 Å². The largest absolute Gasteiger partial charge is 0.377 e. The number of aryl methyl sites for hydroxylation is 1. The average Bonchev–Trinajstić information content (AvgIpc) is 3.32.